The Morgan fingerprint density at radius 2 is 1.96 bits per heavy atom. The zero-order chi connectivity index (χ0) is 18.3. The van der Waals surface area contributed by atoms with Crippen LogP contribution < -0.4 is 5.32 Å². The minimum absolute atomic E-state index is 0.502. The number of benzene rings is 2. The summed E-state index contributed by atoms with van der Waals surface area (Å²) < 4.78 is 41.6. The van der Waals surface area contributed by atoms with Crippen LogP contribution >= 0.6 is 0 Å². The largest absolute Gasteiger partial charge is 0.416 e. The highest BCUT2D eigenvalue weighted by Gasteiger charge is 2.31. The van der Waals surface area contributed by atoms with Crippen molar-refractivity contribution in [3.63, 3.8) is 0 Å². The molecule has 1 N–H and O–H groups in total. The highest BCUT2D eigenvalue weighted by Crippen LogP contribution is 2.37. The van der Waals surface area contributed by atoms with Crippen molar-refractivity contribution in [3.05, 3.63) is 71.3 Å². The minimum atomic E-state index is -4.39. The van der Waals surface area contributed by atoms with Crippen LogP contribution in [0.4, 0.5) is 13.2 Å². The van der Waals surface area contributed by atoms with Crippen LogP contribution in [0.5, 0.6) is 0 Å². The Hall–Kier alpha value is -2.60. The second-order valence-electron chi connectivity index (χ2n) is 6.50. The first-order valence-corrected chi connectivity index (χ1v) is 8.47. The van der Waals surface area contributed by atoms with Crippen molar-refractivity contribution in [2.75, 3.05) is 6.54 Å². The highest BCUT2D eigenvalue weighted by molar-refractivity contribution is 5.77. The lowest BCUT2D eigenvalue weighted by Crippen LogP contribution is -2.24. The van der Waals surface area contributed by atoms with Crippen molar-refractivity contribution in [1.29, 1.82) is 0 Å². The maximum atomic E-state index is 13.3. The summed E-state index contributed by atoms with van der Waals surface area (Å²) >= 11 is 0. The SMILES string of the molecule is Cc1cncn1-c1cc(C(F)(F)F)ccc1-c1cccc2c1CCNC2. The van der Waals surface area contributed by atoms with Gasteiger partial charge in [-0.1, -0.05) is 24.3 Å². The molecule has 3 nitrogen and oxygen atoms in total. The van der Waals surface area contributed by atoms with E-state index in [0.29, 0.717) is 5.69 Å². The van der Waals surface area contributed by atoms with E-state index >= 15 is 0 Å². The smallest absolute Gasteiger partial charge is 0.312 e. The normalized spacial score (nSPS) is 14.3. The molecule has 0 saturated heterocycles. The van der Waals surface area contributed by atoms with Gasteiger partial charge in [0.25, 0.3) is 0 Å². The van der Waals surface area contributed by atoms with Gasteiger partial charge in [0.15, 0.2) is 0 Å². The molecule has 1 aliphatic heterocycles. The van der Waals surface area contributed by atoms with Gasteiger partial charge in [0.2, 0.25) is 0 Å². The van der Waals surface area contributed by atoms with Crippen LogP contribution in [0, 0.1) is 6.92 Å². The van der Waals surface area contributed by atoms with E-state index in [2.05, 4.69) is 16.4 Å². The van der Waals surface area contributed by atoms with Crippen molar-refractivity contribution >= 4 is 0 Å². The van der Waals surface area contributed by atoms with Crippen molar-refractivity contribution in [1.82, 2.24) is 14.9 Å². The number of aryl methyl sites for hydroxylation is 1. The van der Waals surface area contributed by atoms with Gasteiger partial charge in [-0.2, -0.15) is 13.2 Å². The molecule has 134 valence electrons. The molecule has 0 saturated carbocycles. The molecule has 1 aromatic heterocycles. The van der Waals surface area contributed by atoms with E-state index in [9.17, 15) is 13.2 Å². The summed E-state index contributed by atoms with van der Waals surface area (Å²) in [6, 6.07) is 9.97. The molecule has 0 amide bonds. The van der Waals surface area contributed by atoms with E-state index in [1.54, 1.807) is 23.2 Å². The Balaban J connectivity index is 1.96. The lowest BCUT2D eigenvalue weighted by Gasteiger charge is -2.23. The molecular weight excluding hydrogens is 339 g/mol. The van der Waals surface area contributed by atoms with E-state index < -0.39 is 11.7 Å². The number of imidazole rings is 1. The summed E-state index contributed by atoms with van der Waals surface area (Å²) in [5.41, 5.74) is 4.81. The molecule has 0 radical (unpaired) electrons. The monoisotopic (exact) mass is 357 g/mol. The number of rotatable bonds is 2. The molecule has 2 heterocycles. The molecule has 4 rings (SSSR count). The second-order valence-corrected chi connectivity index (χ2v) is 6.50. The predicted molar refractivity (Wildman–Crippen MR) is 94.1 cm³/mol. The fourth-order valence-corrected chi connectivity index (χ4v) is 3.53. The zero-order valence-electron chi connectivity index (χ0n) is 14.3. The third-order valence-corrected chi connectivity index (χ3v) is 4.84. The molecule has 0 atom stereocenters. The molecule has 0 fully saturated rings. The predicted octanol–water partition coefficient (Wildman–Crippen LogP) is 4.51. The Kier molecular flexibility index (Phi) is 4.07. The van der Waals surface area contributed by atoms with Gasteiger partial charge in [-0.25, -0.2) is 4.98 Å². The average Bonchev–Trinajstić information content (AvgIpc) is 3.06. The first-order valence-electron chi connectivity index (χ1n) is 8.47. The van der Waals surface area contributed by atoms with Crippen LogP contribution in [-0.4, -0.2) is 16.1 Å². The Labute approximate surface area is 149 Å². The summed E-state index contributed by atoms with van der Waals surface area (Å²) in [6.45, 7) is 3.48. The zero-order valence-corrected chi connectivity index (χ0v) is 14.3. The van der Waals surface area contributed by atoms with Crippen LogP contribution in [0.1, 0.15) is 22.4 Å². The van der Waals surface area contributed by atoms with Gasteiger partial charge in [0.1, 0.15) is 0 Å². The van der Waals surface area contributed by atoms with E-state index in [1.165, 1.54) is 17.2 Å². The molecule has 26 heavy (non-hydrogen) atoms. The van der Waals surface area contributed by atoms with Gasteiger partial charge in [-0.15, -0.1) is 0 Å². The average molecular weight is 357 g/mol. The number of fused-ring (bicyclic) bond motifs is 1. The molecule has 2 aromatic carbocycles. The van der Waals surface area contributed by atoms with Crippen LogP contribution in [0.15, 0.2) is 48.9 Å². The van der Waals surface area contributed by atoms with Gasteiger partial charge in [-0.3, -0.25) is 0 Å². The van der Waals surface area contributed by atoms with E-state index in [0.717, 1.165) is 42.4 Å². The van der Waals surface area contributed by atoms with Gasteiger partial charge in [0, 0.05) is 24.0 Å². The fraction of sp³-hybridized carbons (Fsp3) is 0.250. The van der Waals surface area contributed by atoms with Crippen LogP contribution in [0.3, 0.4) is 0 Å². The number of aromatic nitrogens is 2. The minimum Gasteiger partial charge on any atom is -0.312 e. The second kappa shape index (κ2) is 6.29. The standard InChI is InChI=1S/C20H18F3N3/c1-13-10-25-12-26(13)19-9-15(20(21,22)23)5-6-18(19)17-4-2-3-14-11-24-8-7-16(14)17/h2-6,9-10,12,24H,7-8,11H2,1H3. The van der Waals surface area contributed by atoms with Crippen molar-refractivity contribution < 1.29 is 13.2 Å². The number of hydrogen-bond acceptors (Lipinski definition) is 2. The van der Waals surface area contributed by atoms with E-state index in [-0.39, 0.29) is 0 Å². The molecule has 0 spiro atoms. The Morgan fingerprint density at radius 1 is 1.12 bits per heavy atom. The van der Waals surface area contributed by atoms with Crippen LogP contribution in [0.25, 0.3) is 16.8 Å². The van der Waals surface area contributed by atoms with Crippen molar-refractivity contribution in [2.24, 2.45) is 0 Å². The summed E-state index contributed by atoms with van der Waals surface area (Å²) in [5.74, 6) is 0. The number of nitrogens with zero attached hydrogens (tertiary/aromatic N) is 2. The topological polar surface area (TPSA) is 29.9 Å². The van der Waals surface area contributed by atoms with Crippen molar-refractivity contribution in [2.45, 2.75) is 26.1 Å². The number of nitrogens with one attached hydrogen (secondary N) is 1. The summed E-state index contributed by atoms with van der Waals surface area (Å²) in [7, 11) is 0. The van der Waals surface area contributed by atoms with Crippen LogP contribution in [0.2, 0.25) is 0 Å². The fourth-order valence-electron chi connectivity index (χ4n) is 3.53. The van der Waals surface area contributed by atoms with Crippen LogP contribution in [-0.2, 0) is 19.1 Å². The molecule has 1 aliphatic rings. The third-order valence-electron chi connectivity index (χ3n) is 4.84. The van der Waals surface area contributed by atoms with E-state index in [4.69, 9.17) is 0 Å². The Bertz CT molecular complexity index is 957. The molecular formula is C20H18F3N3. The quantitative estimate of drug-likeness (QED) is 0.731. The van der Waals surface area contributed by atoms with Crippen molar-refractivity contribution in [3.8, 4) is 16.8 Å². The molecule has 3 aromatic rings. The van der Waals surface area contributed by atoms with Gasteiger partial charge in [-0.05, 0) is 48.7 Å². The van der Waals surface area contributed by atoms with Gasteiger partial charge in [0.05, 0.1) is 17.6 Å². The lowest BCUT2D eigenvalue weighted by molar-refractivity contribution is -0.137. The third kappa shape index (κ3) is 2.90. The number of hydrogen-bond donors (Lipinski definition) is 1. The molecule has 0 aliphatic carbocycles. The molecule has 0 bridgehead atoms. The summed E-state index contributed by atoms with van der Waals surface area (Å²) in [6.07, 6.45) is -0.323. The Morgan fingerprint density at radius 3 is 2.69 bits per heavy atom. The van der Waals surface area contributed by atoms with Gasteiger partial charge >= 0.3 is 6.18 Å². The molecule has 6 heteroatoms. The summed E-state index contributed by atoms with van der Waals surface area (Å²) in [5, 5.41) is 3.34. The van der Waals surface area contributed by atoms with Gasteiger partial charge < -0.3 is 9.88 Å². The maximum Gasteiger partial charge on any atom is 0.416 e. The summed E-state index contributed by atoms with van der Waals surface area (Å²) in [4.78, 5) is 4.08. The molecule has 0 unspecified atom stereocenters. The maximum absolute atomic E-state index is 13.3. The first-order chi connectivity index (χ1) is 12.4. The highest BCUT2D eigenvalue weighted by atomic mass is 19.4. The number of alkyl halides is 3. The van der Waals surface area contributed by atoms with E-state index in [1.807, 2.05) is 19.1 Å². The lowest BCUT2D eigenvalue weighted by atomic mass is 9.90. The first kappa shape index (κ1) is 16.8. The number of halogens is 3.